The van der Waals surface area contributed by atoms with Crippen molar-refractivity contribution in [3.63, 3.8) is 0 Å². The second-order valence-corrected chi connectivity index (χ2v) is 7.34. The molecule has 2 heterocycles. The van der Waals surface area contributed by atoms with Gasteiger partial charge >= 0.3 is 0 Å². The maximum atomic E-state index is 6.13. The van der Waals surface area contributed by atoms with Gasteiger partial charge in [0.2, 0.25) is 5.82 Å². The maximum Gasteiger partial charge on any atom is 0.271 e. The van der Waals surface area contributed by atoms with E-state index in [2.05, 4.69) is 67.9 Å². The monoisotopic (exact) mass is 380 g/mol. The number of nitrogens with zero attached hydrogens (tertiary/aromatic N) is 4. The lowest BCUT2D eigenvalue weighted by Gasteiger charge is -2.35. The molecule has 0 spiro atoms. The van der Waals surface area contributed by atoms with Crippen molar-refractivity contribution in [1.29, 1.82) is 0 Å². The van der Waals surface area contributed by atoms with Crippen molar-refractivity contribution in [3.8, 4) is 5.88 Å². The Morgan fingerprint density at radius 1 is 0.926 bits per heavy atom. The number of piperazine rings is 1. The first-order valence-electron chi connectivity index (χ1n) is 9.35. The molecule has 1 atom stereocenters. The number of rotatable bonds is 6. The first kappa shape index (κ1) is 17.9. The molecule has 5 nitrogen and oxygen atoms in total. The van der Waals surface area contributed by atoms with Crippen LogP contribution in [0.1, 0.15) is 24.2 Å². The summed E-state index contributed by atoms with van der Waals surface area (Å²) in [4.78, 5) is 4.77. The minimum Gasteiger partial charge on any atom is -0.467 e. The third-order valence-corrected chi connectivity index (χ3v) is 5.42. The van der Waals surface area contributed by atoms with Crippen LogP contribution >= 0.6 is 11.7 Å². The van der Waals surface area contributed by atoms with Gasteiger partial charge in [-0.25, -0.2) is 0 Å². The van der Waals surface area contributed by atoms with Crippen molar-refractivity contribution < 1.29 is 4.74 Å². The van der Waals surface area contributed by atoms with E-state index in [0.29, 0.717) is 5.88 Å². The first-order valence-corrected chi connectivity index (χ1v) is 10.1. The molecule has 1 aromatic heterocycles. The van der Waals surface area contributed by atoms with Gasteiger partial charge < -0.3 is 9.64 Å². The molecular formula is C21H24N4OS. The van der Waals surface area contributed by atoms with E-state index in [9.17, 15) is 0 Å². The van der Waals surface area contributed by atoms with Gasteiger partial charge in [-0.2, -0.15) is 4.37 Å². The van der Waals surface area contributed by atoms with Crippen LogP contribution in [-0.2, 0) is 6.54 Å². The van der Waals surface area contributed by atoms with E-state index in [4.69, 9.17) is 4.74 Å². The summed E-state index contributed by atoms with van der Waals surface area (Å²) in [6.45, 7) is 6.96. The molecule has 27 heavy (non-hydrogen) atoms. The van der Waals surface area contributed by atoms with E-state index in [1.807, 2.05) is 18.2 Å². The molecule has 0 bridgehead atoms. The predicted octanol–water partition coefficient (Wildman–Crippen LogP) is 4.00. The third kappa shape index (κ3) is 4.46. The summed E-state index contributed by atoms with van der Waals surface area (Å²) in [5.41, 5.74) is 2.51. The molecule has 0 radical (unpaired) electrons. The molecule has 6 heteroatoms. The first-order chi connectivity index (χ1) is 13.3. The van der Waals surface area contributed by atoms with Gasteiger partial charge in [-0.1, -0.05) is 60.7 Å². The second kappa shape index (κ2) is 8.50. The Balaban J connectivity index is 1.36. The lowest BCUT2D eigenvalue weighted by atomic mass is 10.1. The highest BCUT2D eigenvalue weighted by molar-refractivity contribution is 6.99. The van der Waals surface area contributed by atoms with Gasteiger partial charge in [-0.3, -0.25) is 4.90 Å². The Morgan fingerprint density at radius 2 is 1.59 bits per heavy atom. The zero-order valence-electron chi connectivity index (χ0n) is 15.5. The van der Waals surface area contributed by atoms with Gasteiger partial charge in [0.25, 0.3) is 5.88 Å². The highest BCUT2D eigenvalue weighted by Gasteiger charge is 2.24. The number of hydrogen-bond acceptors (Lipinski definition) is 6. The van der Waals surface area contributed by atoms with E-state index in [-0.39, 0.29) is 6.10 Å². The van der Waals surface area contributed by atoms with E-state index >= 15 is 0 Å². The van der Waals surface area contributed by atoms with Crippen molar-refractivity contribution >= 4 is 17.5 Å². The quantitative estimate of drug-likeness (QED) is 0.647. The minimum absolute atomic E-state index is 0.0479. The number of ether oxygens (including phenoxy) is 1. The smallest absolute Gasteiger partial charge is 0.271 e. The van der Waals surface area contributed by atoms with Crippen molar-refractivity contribution in [1.82, 2.24) is 13.6 Å². The average molecular weight is 381 g/mol. The molecule has 3 aromatic rings. The van der Waals surface area contributed by atoms with Crippen molar-refractivity contribution in [2.75, 3.05) is 31.1 Å². The summed E-state index contributed by atoms with van der Waals surface area (Å²) < 4.78 is 15.0. The number of hydrogen-bond donors (Lipinski definition) is 0. The molecule has 1 unspecified atom stereocenters. The zero-order valence-corrected chi connectivity index (χ0v) is 16.3. The highest BCUT2D eigenvalue weighted by atomic mass is 32.1. The van der Waals surface area contributed by atoms with E-state index in [1.165, 1.54) is 17.3 Å². The summed E-state index contributed by atoms with van der Waals surface area (Å²) in [5, 5.41) is 0. The topological polar surface area (TPSA) is 41.5 Å². The zero-order chi connectivity index (χ0) is 18.5. The van der Waals surface area contributed by atoms with E-state index < -0.39 is 0 Å². The fourth-order valence-corrected chi connectivity index (χ4v) is 3.87. The van der Waals surface area contributed by atoms with Gasteiger partial charge in [0.15, 0.2) is 0 Å². The summed E-state index contributed by atoms with van der Waals surface area (Å²) in [6.07, 6.45) is -0.0479. The van der Waals surface area contributed by atoms with Crippen LogP contribution in [0.3, 0.4) is 0 Å². The molecule has 0 saturated carbocycles. The lowest BCUT2D eigenvalue weighted by molar-refractivity contribution is 0.216. The van der Waals surface area contributed by atoms with Gasteiger partial charge in [0.05, 0.1) is 11.7 Å². The Morgan fingerprint density at radius 3 is 2.30 bits per heavy atom. The van der Waals surface area contributed by atoms with E-state index in [1.54, 1.807) is 0 Å². The predicted molar refractivity (Wildman–Crippen MR) is 109 cm³/mol. The van der Waals surface area contributed by atoms with Crippen LogP contribution < -0.4 is 9.64 Å². The normalized spacial score (nSPS) is 16.3. The Hall–Kier alpha value is -2.44. The third-order valence-electron chi connectivity index (χ3n) is 4.92. The molecule has 0 N–H and O–H groups in total. The summed E-state index contributed by atoms with van der Waals surface area (Å²) in [6, 6.07) is 20.9. The molecule has 1 aliphatic heterocycles. The van der Waals surface area contributed by atoms with Crippen LogP contribution in [-0.4, -0.2) is 39.8 Å². The van der Waals surface area contributed by atoms with Crippen molar-refractivity contribution in [2.45, 2.75) is 19.6 Å². The van der Waals surface area contributed by atoms with Crippen LogP contribution in [0.4, 0.5) is 5.82 Å². The molecule has 2 aromatic carbocycles. The standard InChI is InChI=1S/C21H24N4OS/c1-17(19-10-6-3-7-11-19)26-21-20(22-27-23-21)25-14-12-24(13-15-25)16-18-8-4-2-5-9-18/h2-11,17H,12-16H2,1H3. The fraction of sp³-hybridized carbons (Fsp3) is 0.333. The molecule has 0 aliphatic carbocycles. The van der Waals surface area contributed by atoms with Gasteiger partial charge in [0.1, 0.15) is 6.10 Å². The average Bonchev–Trinajstić information content (AvgIpc) is 3.18. The molecule has 0 amide bonds. The molecule has 4 rings (SSSR count). The fourth-order valence-electron chi connectivity index (χ4n) is 3.36. The second-order valence-electron chi connectivity index (χ2n) is 6.81. The molecule has 1 fully saturated rings. The number of aromatic nitrogens is 2. The van der Waals surface area contributed by atoms with Gasteiger partial charge in [-0.05, 0) is 18.1 Å². The SMILES string of the molecule is CC(Oc1nsnc1N1CCN(Cc2ccccc2)CC1)c1ccccc1. The Kier molecular flexibility index (Phi) is 5.65. The number of anilines is 1. The largest absolute Gasteiger partial charge is 0.467 e. The van der Waals surface area contributed by atoms with Crippen LogP contribution in [0.15, 0.2) is 60.7 Å². The molecule has 1 saturated heterocycles. The van der Waals surface area contributed by atoms with Gasteiger partial charge in [-0.15, -0.1) is 4.37 Å². The summed E-state index contributed by atoms with van der Waals surface area (Å²) >= 11 is 1.22. The van der Waals surface area contributed by atoms with Crippen LogP contribution in [0.2, 0.25) is 0 Å². The maximum absolute atomic E-state index is 6.13. The van der Waals surface area contributed by atoms with Crippen LogP contribution in [0.5, 0.6) is 5.88 Å². The molecular weight excluding hydrogens is 356 g/mol. The number of benzene rings is 2. The van der Waals surface area contributed by atoms with Crippen molar-refractivity contribution in [2.24, 2.45) is 0 Å². The minimum atomic E-state index is -0.0479. The highest BCUT2D eigenvalue weighted by Crippen LogP contribution is 2.30. The summed E-state index contributed by atoms with van der Waals surface area (Å²) in [7, 11) is 0. The molecule has 140 valence electrons. The Labute approximate surface area is 164 Å². The summed E-state index contributed by atoms with van der Waals surface area (Å²) in [5.74, 6) is 1.52. The van der Waals surface area contributed by atoms with Crippen LogP contribution in [0, 0.1) is 0 Å². The lowest BCUT2D eigenvalue weighted by Crippen LogP contribution is -2.46. The molecule has 1 aliphatic rings. The van der Waals surface area contributed by atoms with Gasteiger partial charge in [0, 0.05) is 32.7 Å². The Bertz CT molecular complexity index is 832. The van der Waals surface area contributed by atoms with Crippen LogP contribution in [0.25, 0.3) is 0 Å². The van der Waals surface area contributed by atoms with E-state index in [0.717, 1.165) is 44.1 Å². The van der Waals surface area contributed by atoms with Crippen molar-refractivity contribution in [3.05, 3.63) is 71.8 Å².